The molecule has 62 valence electrons. The van der Waals surface area contributed by atoms with E-state index < -0.39 is 0 Å². The maximum atomic E-state index is 11.1. The second-order valence-electron chi connectivity index (χ2n) is 3.20. The Morgan fingerprint density at radius 1 is 1.55 bits per heavy atom. The molecule has 0 spiro atoms. The van der Waals surface area contributed by atoms with Crippen molar-refractivity contribution in [1.29, 1.82) is 0 Å². The fraction of sp³-hybridized carbons (Fsp3) is 0.875. The number of carbonyl (C=O) groups is 1. The molecule has 3 heteroatoms. The van der Waals surface area contributed by atoms with E-state index in [4.69, 9.17) is 4.74 Å². The summed E-state index contributed by atoms with van der Waals surface area (Å²) in [6, 6.07) is 0. The number of rotatable bonds is 1. The summed E-state index contributed by atoms with van der Waals surface area (Å²) >= 11 is 0. The van der Waals surface area contributed by atoms with E-state index in [1.165, 1.54) is 7.11 Å². The van der Waals surface area contributed by atoms with Crippen molar-refractivity contribution in [2.24, 2.45) is 5.92 Å². The summed E-state index contributed by atoms with van der Waals surface area (Å²) in [7, 11) is 1.44. The van der Waals surface area contributed by atoms with E-state index in [2.05, 4.69) is 4.74 Å². The van der Waals surface area contributed by atoms with Gasteiger partial charge in [-0.2, -0.15) is 0 Å². The molecule has 1 saturated heterocycles. The van der Waals surface area contributed by atoms with Gasteiger partial charge in [-0.15, -0.1) is 0 Å². The molecule has 1 saturated carbocycles. The monoisotopic (exact) mass is 156 g/mol. The smallest absolute Gasteiger partial charge is 0.311 e. The third kappa shape index (κ3) is 1.13. The van der Waals surface area contributed by atoms with Gasteiger partial charge in [0.25, 0.3) is 0 Å². The molecule has 2 aliphatic rings. The fourth-order valence-electron chi connectivity index (χ4n) is 1.85. The highest BCUT2D eigenvalue weighted by molar-refractivity contribution is 5.73. The number of epoxide rings is 1. The Balaban J connectivity index is 1.97. The van der Waals surface area contributed by atoms with Crippen LogP contribution >= 0.6 is 0 Å². The van der Waals surface area contributed by atoms with Gasteiger partial charge in [0, 0.05) is 0 Å². The van der Waals surface area contributed by atoms with Crippen LogP contribution < -0.4 is 0 Å². The maximum absolute atomic E-state index is 11.1. The zero-order valence-electron chi connectivity index (χ0n) is 6.58. The summed E-state index contributed by atoms with van der Waals surface area (Å²) < 4.78 is 9.98. The average Bonchev–Trinajstić information content (AvgIpc) is 2.80. The molecular formula is C8H12O3. The predicted octanol–water partition coefficient (Wildman–Crippen LogP) is 0.727. The van der Waals surface area contributed by atoms with Crippen molar-refractivity contribution in [3.8, 4) is 0 Å². The third-order valence-electron chi connectivity index (χ3n) is 2.53. The summed E-state index contributed by atoms with van der Waals surface area (Å²) in [6.07, 6.45) is 3.72. The van der Waals surface area contributed by atoms with Crippen molar-refractivity contribution in [3.63, 3.8) is 0 Å². The molecule has 0 N–H and O–H groups in total. The third-order valence-corrected chi connectivity index (χ3v) is 2.53. The number of ether oxygens (including phenoxy) is 2. The summed E-state index contributed by atoms with van der Waals surface area (Å²) in [5, 5.41) is 0. The van der Waals surface area contributed by atoms with Gasteiger partial charge in [0.2, 0.25) is 0 Å². The zero-order chi connectivity index (χ0) is 7.84. The lowest BCUT2D eigenvalue weighted by atomic mass is 9.89. The van der Waals surface area contributed by atoms with Gasteiger partial charge in [-0.1, -0.05) is 0 Å². The molecule has 0 aromatic rings. The highest BCUT2D eigenvalue weighted by atomic mass is 16.6. The van der Waals surface area contributed by atoms with Crippen LogP contribution in [0.4, 0.5) is 0 Å². The van der Waals surface area contributed by atoms with Gasteiger partial charge in [0.15, 0.2) is 0 Å². The van der Waals surface area contributed by atoms with Gasteiger partial charge >= 0.3 is 5.97 Å². The molecule has 0 aromatic carbocycles. The molecular weight excluding hydrogens is 144 g/mol. The van der Waals surface area contributed by atoms with Crippen molar-refractivity contribution < 1.29 is 14.3 Å². The molecule has 2 fully saturated rings. The Bertz CT molecular complexity index is 178. The van der Waals surface area contributed by atoms with Crippen molar-refractivity contribution >= 4 is 5.97 Å². The SMILES string of the molecule is COC(=O)[C@@H]1CCC[C@H]2O[C@H]21. The first kappa shape index (κ1) is 7.10. The van der Waals surface area contributed by atoms with Gasteiger partial charge in [-0.05, 0) is 19.3 Å². The van der Waals surface area contributed by atoms with Gasteiger partial charge in [-0.3, -0.25) is 4.79 Å². The van der Waals surface area contributed by atoms with Crippen molar-refractivity contribution in [1.82, 2.24) is 0 Å². The molecule has 0 aromatic heterocycles. The first-order valence-corrected chi connectivity index (χ1v) is 4.06. The highest BCUT2D eigenvalue weighted by Crippen LogP contribution is 2.40. The van der Waals surface area contributed by atoms with Crippen molar-refractivity contribution in [3.05, 3.63) is 0 Å². The van der Waals surface area contributed by atoms with Gasteiger partial charge in [0.1, 0.15) is 0 Å². The number of carbonyl (C=O) groups excluding carboxylic acids is 1. The van der Waals surface area contributed by atoms with E-state index >= 15 is 0 Å². The maximum Gasteiger partial charge on any atom is 0.311 e. The van der Waals surface area contributed by atoms with Gasteiger partial charge in [-0.25, -0.2) is 0 Å². The average molecular weight is 156 g/mol. The molecule has 2 rings (SSSR count). The lowest BCUT2D eigenvalue weighted by Crippen LogP contribution is -2.25. The lowest BCUT2D eigenvalue weighted by Gasteiger charge is -2.14. The molecule has 3 nitrogen and oxygen atoms in total. The summed E-state index contributed by atoms with van der Waals surface area (Å²) in [6.45, 7) is 0. The summed E-state index contributed by atoms with van der Waals surface area (Å²) in [5.74, 6) is -0.0732. The minimum absolute atomic E-state index is 0.0266. The van der Waals surface area contributed by atoms with E-state index in [-0.39, 0.29) is 18.0 Å². The molecule has 0 bridgehead atoms. The summed E-state index contributed by atoms with van der Waals surface area (Å²) in [5.41, 5.74) is 0. The second-order valence-corrected chi connectivity index (χ2v) is 3.20. The molecule has 0 radical (unpaired) electrons. The fourth-order valence-corrected chi connectivity index (χ4v) is 1.85. The Labute approximate surface area is 65.7 Å². The van der Waals surface area contributed by atoms with Crippen LogP contribution in [-0.2, 0) is 14.3 Å². The molecule has 3 atom stereocenters. The number of fused-ring (bicyclic) bond motifs is 1. The second kappa shape index (κ2) is 2.48. The molecule has 1 aliphatic heterocycles. The predicted molar refractivity (Wildman–Crippen MR) is 38.0 cm³/mol. The Kier molecular flexibility index (Phi) is 1.60. The van der Waals surface area contributed by atoms with E-state index in [9.17, 15) is 4.79 Å². The number of methoxy groups -OCH3 is 1. The molecule has 11 heavy (non-hydrogen) atoms. The Morgan fingerprint density at radius 3 is 3.09 bits per heavy atom. The van der Waals surface area contributed by atoms with Crippen LogP contribution in [0, 0.1) is 5.92 Å². The van der Waals surface area contributed by atoms with Crippen molar-refractivity contribution in [2.45, 2.75) is 31.5 Å². The minimum atomic E-state index is -0.0998. The van der Waals surface area contributed by atoms with E-state index in [0.717, 1.165) is 19.3 Å². The molecule has 0 amide bonds. The zero-order valence-corrected chi connectivity index (χ0v) is 6.58. The highest BCUT2D eigenvalue weighted by Gasteiger charge is 2.50. The van der Waals surface area contributed by atoms with Gasteiger partial charge in [0.05, 0.1) is 25.2 Å². The Hall–Kier alpha value is -0.570. The van der Waals surface area contributed by atoms with Crippen LogP contribution in [0.3, 0.4) is 0 Å². The first-order chi connectivity index (χ1) is 5.33. The van der Waals surface area contributed by atoms with Crippen LogP contribution in [0.25, 0.3) is 0 Å². The van der Waals surface area contributed by atoms with E-state index in [1.807, 2.05) is 0 Å². The van der Waals surface area contributed by atoms with Crippen molar-refractivity contribution in [2.75, 3.05) is 7.11 Å². The normalized spacial score (nSPS) is 41.0. The van der Waals surface area contributed by atoms with Crippen LogP contribution in [0.5, 0.6) is 0 Å². The number of hydrogen-bond donors (Lipinski definition) is 0. The number of hydrogen-bond acceptors (Lipinski definition) is 3. The topological polar surface area (TPSA) is 38.8 Å². The lowest BCUT2D eigenvalue weighted by molar-refractivity contribution is -0.146. The quantitative estimate of drug-likeness (QED) is 0.415. The minimum Gasteiger partial charge on any atom is -0.469 e. The molecule has 1 aliphatic carbocycles. The molecule has 1 heterocycles. The Morgan fingerprint density at radius 2 is 2.36 bits per heavy atom. The van der Waals surface area contributed by atoms with Crippen LogP contribution in [0.2, 0.25) is 0 Å². The van der Waals surface area contributed by atoms with Crippen LogP contribution in [-0.4, -0.2) is 25.3 Å². The van der Waals surface area contributed by atoms with E-state index in [1.54, 1.807) is 0 Å². The standard InChI is InChI=1S/C8H12O3/c1-10-8(9)5-3-2-4-6-7(5)11-6/h5-7H,2-4H2,1H3/t5-,6-,7+/m1/s1. The number of esters is 1. The largest absolute Gasteiger partial charge is 0.469 e. The van der Waals surface area contributed by atoms with Crippen LogP contribution in [0.1, 0.15) is 19.3 Å². The first-order valence-electron chi connectivity index (χ1n) is 4.06. The van der Waals surface area contributed by atoms with Crippen LogP contribution in [0.15, 0.2) is 0 Å². The molecule has 0 unspecified atom stereocenters. The summed E-state index contributed by atoms with van der Waals surface area (Å²) in [4.78, 5) is 11.1. The van der Waals surface area contributed by atoms with E-state index in [0.29, 0.717) is 6.10 Å². The van der Waals surface area contributed by atoms with Gasteiger partial charge < -0.3 is 9.47 Å².